The number of benzene rings is 1. The van der Waals surface area contributed by atoms with E-state index in [-0.39, 0.29) is 29.7 Å². The first-order chi connectivity index (χ1) is 13.6. The molecule has 2 saturated heterocycles. The van der Waals surface area contributed by atoms with E-state index in [4.69, 9.17) is 9.47 Å². The first-order valence-corrected chi connectivity index (χ1v) is 9.53. The number of pyridine rings is 1. The van der Waals surface area contributed by atoms with E-state index < -0.39 is 5.91 Å². The molecule has 8 nitrogen and oxygen atoms in total. The highest BCUT2D eigenvalue weighted by atomic mass is 16.7. The van der Waals surface area contributed by atoms with Crippen molar-refractivity contribution in [3.8, 4) is 0 Å². The molecule has 148 valence electrons. The van der Waals surface area contributed by atoms with Gasteiger partial charge in [-0.2, -0.15) is 0 Å². The molecular weight excluding hydrogens is 362 g/mol. The van der Waals surface area contributed by atoms with Crippen molar-refractivity contribution in [3.05, 3.63) is 46.2 Å². The highest BCUT2D eigenvalue weighted by Gasteiger charge is 2.31. The maximum absolute atomic E-state index is 12.5. The number of H-pyrrole nitrogens is 1. The van der Waals surface area contributed by atoms with Crippen LogP contribution in [0.15, 0.2) is 35.3 Å². The molecule has 0 bridgehead atoms. The normalized spacial score (nSPS) is 18.5. The number of amides is 2. The van der Waals surface area contributed by atoms with Gasteiger partial charge >= 0.3 is 0 Å². The second-order valence-electron chi connectivity index (χ2n) is 7.09. The number of ether oxygens (including phenoxy) is 2. The summed E-state index contributed by atoms with van der Waals surface area (Å²) in [7, 11) is 0. The van der Waals surface area contributed by atoms with Crippen LogP contribution in [0.2, 0.25) is 0 Å². The van der Waals surface area contributed by atoms with Gasteiger partial charge in [-0.1, -0.05) is 12.1 Å². The van der Waals surface area contributed by atoms with Gasteiger partial charge < -0.3 is 24.7 Å². The molecule has 2 fully saturated rings. The highest BCUT2D eigenvalue weighted by Crippen LogP contribution is 2.25. The number of nitrogens with zero attached hydrogens (tertiary/aromatic N) is 1. The van der Waals surface area contributed by atoms with E-state index in [1.165, 1.54) is 6.20 Å². The van der Waals surface area contributed by atoms with E-state index >= 15 is 0 Å². The number of rotatable bonds is 4. The van der Waals surface area contributed by atoms with Crippen LogP contribution in [0.3, 0.4) is 0 Å². The van der Waals surface area contributed by atoms with Crippen molar-refractivity contribution in [1.82, 2.24) is 15.2 Å². The molecule has 2 aliphatic rings. The topological polar surface area (TPSA) is 101 Å². The second kappa shape index (κ2) is 8.12. The Labute approximate surface area is 161 Å². The summed E-state index contributed by atoms with van der Waals surface area (Å²) in [5, 5.41) is 3.01. The van der Waals surface area contributed by atoms with Crippen LogP contribution in [0.4, 0.5) is 0 Å². The van der Waals surface area contributed by atoms with Crippen LogP contribution in [-0.2, 0) is 14.3 Å². The van der Waals surface area contributed by atoms with Gasteiger partial charge in [-0.25, -0.2) is 0 Å². The van der Waals surface area contributed by atoms with E-state index in [0.717, 1.165) is 12.8 Å². The van der Waals surface area contributed by atoms with Crippen molar-refractivity contribution < 1.29 is 19.1 Å². The summed E-state index contributed by atoms with van der Waals surface area (Å²) in [4.78, 5) is 42.0. The Morgan fingerprint density at radius 2 is 1.86 bits per heavy atom. The number of nitrogens with one attached hydrogen (secondary N) is 2. The average Bonchev–Trinajstić information content (AvgIpc) is 3.27. The molecule has 3 heterocycles. The standard InChI is InChI=1S/C20H23N3O5/c24-17(23-7-5-13(6-8-23)20-27-9-10-28-20)12-22-19(26)15-11-21-16-4-2-1-3-14(16)18(15)25/h1-4,11,13,20H,5-10,12H2,(H,21,25)(H,22,26). The number of piperidine rings is 1. The molecule has 0 radical (unpaired) electrons. The van der Waals surface area contributed by atoms with Crippen molar-refractivity contribution >= 4 is 22.7 Å². The first-order valence-electron chi connectivity index (χ1n) is 9.53. The number of hydrogen-bond acceptors (Lipinski definition) is 5. The molecule has 4 rings (SSSR count). The molecule has 0 atom stereocenters. The van der Waals surface area contributed by atoms with Crippen molar-refractivity contribution in [3.63, 3.8) is 0 Å². The third-order valence-corrected chi connectivity index (χ3v) is 5.36. The number of hydrogen-bond donors (Lipinski definition) is 2. The molecule has 28 heavy (non-hydrogen) atoms. The zero-order valence-electron chi connectivity index (χ0n) is 15.5. The number of fused-ring (bicyclic) bond motifs is 1. The summed E-state index contributed by atoms with van der Waals surface area (Å²) in [6, 6.07) is 6.99. The van der Waals surface area contributed by atoms with E-state index in [2.05, 4.69) is 10.3 Å². The Hall–Kier alpha value is -2.71. The van der Waals surface area contributed by atoms with Crippen LogP contribution in [0.1, 0.15) is 23.2 Å². The molecule has 2 aromatic rings. The summed E-state index contributed by atoms with van der Waals surface area (Å²) < 4.78 is 11.1. The molecule has 0 unspecified atom stereocenters. The van der Waals surface area contributed by atoms with E-state index in [9.17, 15) is 14.4 Å². The van der Waals surface area contributed by atoms with Gasteiger partial charge in [0.2, 0.25) is 11.3 Å². The minimum Gasteiger partial charge on any atom is -0.360 e. The molecular formula is C20H23N3O5. The molecule has 0 saturated carbocycles. The summed E-state index contributed by atoms with van der Waals surface area (Å²) in [5.74, 6) is -0.405. The lowest BCUT2D eigenvalue weighted by molar-refractivity contribution is -0.135. The van der Waals surface area contributed by atoms with E-state index in [0.29, 0.717) is 43.1 Å². The maximum atomic E-state index is 12.5. The molecule has 8 heteroatoms. The van der Waals surface area contributed by atoms with Crippen LogP contribution in [-0.4, -0.2) is 60.8 Å². The fraction of sp³-hybridized carbons (Fsp3) is 0.450. The lowest BCUT2D eigenvalue weighted by atomic mass is 9.96. The Morgan fingerprint density at radius 1 is 1.14 bits per heavy atom. The minimum absolute atomic E-state index is 0.000684. The Balaban J connectivity index is 1.32. The number of para-hydroxylation sites is 1. The van der Waals surface area contributed by atoms with Crippen molar-refractivity contribution in [2.45, 2.75) is 19.1 Å². The van der Waals surface area contributed by atoms with Gasteiger partial charge in [-0.3, -0.25) is 14.4 Å². The molecule has 2 N–H and O–H groups in total. The molecule has 2 aliphatic heterocycles. The zero-order valence-corrected chi connectivity index (χ0v) is 15.5. The second-order valence-corrected chi connectivity index (χ2v) is 7.09. The van der Waals surface area contributed by atoms with Gasteiger partial charge in [-0.15, -0.1) is 0 Å². The number of aromatic nitrogens is 1. The Morgan fingerprint density at radius 3 is 2.61 bits per heavy atom. The quantitative estimate of drug-likeness (QED) is 0.813. The fourth-order valence-electron chi connectivity index (χ4n) is 3.77. The van der Waals surface area contributed by atoms with Crippen LogP contribution in [0, 0.1) is 5.92 Å². The Kier molecular flexibility index (Phi) is 5.40. The maximum Gasteiger partial charge on any atom is 0.257 e. The summed E-state index contributed by atoms with van der Waals surface area (Å²) in [6.45, 7) is 2.35. The van der Waals surface area contributed by atoms with Crippen LogP contribution in [0.5, 0.6) is 0 Å². The lowest BCUT2D eigenvalue weighted by Gasteiger charge is -2.33. The van der Waals surface area contributed by atoms with Crippen LogP contribution >= 0.6 is 0 Å². The number of carbonyl (C=O) groups is 2. The number of aromatic amines is 1. The molecule has 0 aliphatic carbocycles. The lowest BCUT2D eigenvalue weighted by Crippen LogP contribution is -2.46. The molecule has 1 aromatic carbocycles. The van der Waals surface area contributed by atoms with Crippen LogP contribution in [0.25, 0.3) is 10.9 Å². The summed E-state index contributed by atoms with van der Waals surface area (Å²) in [5.41, 5.74) is 0.315. The van der Waals surface area contributed by atoms with Crippen molar-refractivity contribution in [1.29, 1.82) is 0 Å². The van der Waals surface area contributed by atoms with Gasteiger partial charge in [0.15, 0.2) is 6.29 Å². The largest absolute Gasteiger partial charge is 0.360 e. The molecule has 1 aromatic heterocycles. The monoisotopic (exact) mass is 385 g/mol. The third kappa shape index (κ3) is 3.79. The average molecular weight is 385 g/mol. The van der Waals surface area contributed by atoms with Crippen molar-refractivity contribution in [2.75, 3.05) is 32.8 Å². The molecule has 2 amide bonds. The Bertz CT molecular complexity index is 927. The third-order valence-electron chi connectivity index (χ3n) is 5.36. The van der Waals surface area contributed by atoms with Gasteiger partial charge in [-0.05, 0) is 25.0 Å². The first kappa shape index (κ1) is 18.6. The predicted octanol–water partition coefficient (Wildman–Crippen LogP) is 0.869. The van der Waals surface area contributed by atoms with Gasteiger partial charge in [0.25, 0.3) is 5.91 Å². The van der Waals surface area contributed by atoms with Crippen molar-refractivity contribution in [2.24, 2.45) is 5.92 Å². The van der Waals surface area contributed by atoms with E-state index in [1.807, 2.05) is 6.07 Å². The summed E-state index contributed by atoms with van der Waals surface area (Å²) >= 11 is 0. The number of carbonyl (C=O) groups excluding carboxylic acids is 2. The van der Waals surface area contributed by atoms with Gasteiger partial charge in [0, 0.05) is 36.1 Å². The van der Waals surface area contributed by atoms with Crippen LogP contribution < -0.4 is 10.7 Å². The van der Waals surface area contributed by atoms with Gasteiger partial charge in [0.1, 0.15) is 5.56 Å². The smallest absolute Gasteiger partial charge is 0.257 e. The highest BCUT2D eigenvalue weighted by molar-refractivity contribution is 5.98. The SMILES string of the molecule is O=C(NCC(=O)N1CCC(C2OCCO2)CC1)c1c[nH]c2ccccc2c1=O. The van der Waals surface area contributed by atoms with Gasteiger partial charge in [0.05, 0.1) is 19.8 Å². The zero-order chi connectivity index (χ0) is 19.5. The van der Waals surface area contributed by atoms with E-state index in [1.54, 1.807) is 23.1 Å². The number of likely N-dealkylation sites (tertiary alicyclic amines) is 1. The fourth-order valence-corrected chi connectivity index (χ4v) is 3.77. The predicted molar refractivity (Wildman–Crippen MR) is 102 cm³/mol. The summed E-state index contributed by atoms with van der Waals surface area (Å²) in [6.07, 6.45) is 2.86. The minimum atomic E-state index is -0.553. The molecule has 0 spiro atoms.